The Morgan fingerprint density at radius 1 is 1.46 bits per heavy atom. The van der Waals surface area contributed by atoms with Gasteiger partial charge in [0.25, 0.3) is 0 Å². The molecule has 0 bridgehead atoms. The molecule has 76 valence electrons. The molecule has 0 amide bonds. The fourth-order valence-corrected chi connectivity index (χ4v) is 4.79. The number of sulfone groups is 2. The normalized spacial score (nSPS) is 21.5. The summed E-state index contributed by atoms with van der Waals surface area (Å²) in [6.07, 6.45) is 1.82. The Kier molecular flexibility index (Phi) is 2.82. The maximum absolute atomic E-state index is 11.4. The molecular weight excluding hydrogens is 212 g/mol. The van der Waals surface area contributed by atoms with E-state index in [4.69, 9.17) is 0 Å². The highest BCUT2D eigenvalue weighted by Crippen LogP contribution is 2.18. The highest BCUT2D eigenvalue weighted by molar-refractivity contribution is 7.98. The molecule has 4 nitrogen and oxygen atoms in total. The summed E-state index contributed by atoms with van der Waals surface area (Å²) in [5.41, 5.74) is 0. The molecule has 0 fully saturated rings. The van der Waals surface area contributed by atoms with Crippen LogP contribution in [0.15, 0.2) is 11.0 Å². The van der Waals surface area contributed by atoms with E-state index in [-0.39, 0.29) is 22.2 Å². The Balaban J connectivity index is 2.89. The minimum Gasteiger partial charge on any atom is -0.228 e. The first kappa shape index (κ1) is 10.7. The smallest absolute Gasteiger partial charge is 0.175 e. The van der Waals surface area contributed by atoms with Crippen molar-refractivity contribution in [3.63, 3.8) is 0 Å². The van der Waals surface area contributed by atoms with Crippen LogP contribution >= 0.6 is 0 Å². The first-order chi connectivity index (χ1) is 5.87. The third kappa shape index (κ3) is 2.54. The molecule has 0 saturated heterocycles. The zero-order valence-electron chi connectivity index (χ0n) is 7.36. The maximum Gasteiger partial charge on any atom is 0.175 e. The molecule has 1 aliphatic heterocycles. The molecule has 1 heterocycles. The average Bonchev–Trinajstić information content (AvgIpc) is 2.30. The van der Waals surface area contributed by atoms with Gasteiger partial charge in [-0.05, 0) is 6.42 Å². The molecule has 1 rings (SSSR count). The molecule has 0 aromatic carbocycles. The van der Waals surface area contributed by atoms with Crippen LogP contribution in [0, 0.1) is 0 Å². The molecular formula is C7H12O4S2. The van der Waals surface area contributed by atoms with Crippen LogP contribution in [0.1, 0.15) is 13.3 Å². The largest absolute Gasteiger partial charge is 0.228 e. The van der Waals surface area contributed by atoms with Gasteiger partial charge in [0.15, 0.2) is 19.7 Å². The summed E-state index contributed by atoms with van der Waals surface area (Å²) < 4.78 is 44.7. The lowest BCUT2D eigenvalue weighted by Gasteiger charge is -2.01. The van der Waals surface area contributed by atoms with Crippen LogP contribution < -0.4 is 0 Å². The summed E-state index contributed by atoms with van der Waals surface area (Å²) in [6, 6.07) is 0. The molecule has 0 radical (unpaired) electrons. The summed E-state index contributed by atoms with van der Waals surface area (Å²) in [5, 5.41) is 0. The van der Waals surface area contributed by atoms with Gasteiger partial charge in [-0.15, -0.1) is 0 Å². The molecule has 1 aliphatic rings. The Morgan fingerprint density at radius 2 is 2.08 bits per heavy atom. The Morgan fingerprint density at radius 3 is 2.46 bits per heavy atom. The Labute approximate surface area is 78.5 Å². The molecule has 0 saturated carbocycles. The average molecular weight is 224 g/mol. The third-order valence-electron chi connectivity index (χ3n) is 1.80. The highest BCUT2D eigenvalue weighted by Gasteiger charge is 2.28. The molecule has 0 aromatic rings. The van der Waals surface area contributed by atoms with Gasteiger partial charge in [-0.3, -0.25) is 0 Å². The summed E-state index contributed by atoms with van der Waals surface area (Å²) in [5.74, 6) is -0.408. The van der Waals surface area contributed by atoms with Gasteiger partial charge in [0.2, 0.25) is 0 Å². The molecule has 0 unspecified atom stereocenters. The fraction of sp³-hybridized carbons (Fsp3) is 0.714. The van der Waals surface area contributed by atoms with Crippen molar-refractivity contribution in [2.75, 3.05) is 17.3 Å². The van der Waals surface area contributed by atoms with Gasteiger partial charge in [0, 0.05) is 0 Å². The van der Waals surface area contributed by atoms with Crippen molar-refractivity contribution in [2.24, 2.45) is 0 Å². The summed E-state index contributed by atoms with van der Waals surface area (Å²) in [4.78, 5) is 0.0781. The van der Waals surface area contributed by atoms with E-state index in [9.17, 15) is 16.8 Å². The van der Waals surface area contributed by atoms with Gasteiger partial charge in [-0.1, -0.05) is 13.0 Å². The third-order valence-corrected chi connectivity index (χ3v) is 5.46. The lowest BCUT2D eigenvalue weighted by molar-refractivity contribution is 0.596. The zero-order chi connectivity index (χ0) is 10.1. The van der Waals surface area contributed by atoms with E-state index in [1.807, 2.05) is 0 Å². The summed E-state index contributed by atoms with van der Waals surface area (Å²) >= 11 is 0. The van der Waals surface area contributed by atoms with E-state index < -0.39 is 19.7 Å². The summed E-state index contributed by atoms with van der Waals surface area (Å²) in [7, 11) is -6.47. The second-order valence-corrected chi connectivity index (χ2v) is 7.32. The Hall–Kier alpha value is -0.360. The van der Waals surface area contributed by atoms with Gasteiger partial charge in [-0.2, -0.15) is 0 Å². The quantitative estimate of drug-likeness (QED) is 0.683. The fourth-order valence-electron chi connectivity index (χ4n) is 1.17. The topological polar surface area (TPSA) is 68.3 Å². The standard InChI is InChI=1S/C7H12O4S2/c1-2-4-13(10,11)7-3-5-12(8,9)6-7/h3H,2,4-6H2,1H3. The van der Waals surface area contributed by atoms with Crippen LogP contribution in [0.25, 0.3) is 0 Å². The monoisotopic (exact) mass is 224 g/mol. The molecule has 0 N–H and O–H groups in total. The zero-order valence-corrected chi connectivity index (χ0v) is 8.99. The van der Waals surface area contributed by atoms with Crippen molar-refractivity contribution < 1.29 is 16.8 Å². The van der Waals surface area contributed by atoms with Crippen molar-refractivity contribution in [3.8, 4) is 0 Å². The van der Waals surface area contributed by atoms with Crippen LogP contribution in [-0.2, 0) is 19.7 Å². The molecule has 13 heavy (non-hydrogen) atoms. The van der Waals surface area contributed by atoms with Crippen molar-refractivity contribution >= 4 is 19.7 Å². The lowest BCUT2D eigenvalue weighted by Crippen LogP contribution is -2.12. The number of hydrogen-bond acceptors (Lipinski definition) is 4. The van der Waals surface area contributed by atoms with Crippen LogP contribution in [0.3, 0.4) is 0 Å². The number of hydrogen-bond donors (Lipinski definition) is 0. The highest BCUT2D eigenvalue weighted by atomic mass is 32.2. The maximum atomic E-state index is 11.4. The van der Waals surface area contributed by atoms with Crippen LogP contribution in [0.4, 0.5) is 0 Å². The predicted molar refractivity (Wildman–Crippen MR) is 50.8 cm³/mol. The molecule has 0 atom stereocenters. The SMILES string of the molecule is CCCS(=O)(=O)C1=CCS(=O)(=O)C1. The molecule has 6 heteroatoms. The first-order valence-electron chi connectivity index (χ1n) is 3.99. The molecule has 0 aromatic heterocycles. The minimum atomic E-state index is -3.30. The van der Waals surface area contributed by atoms with Gasteiger partial charge < -0.3 is 0 Å². The van der Waals surface area contributed by atoms with Gasteiger partial charge in [-0.25, -0.2) is 16.8 Å². The van der Waals surface area contributed by atoms with Gasteiger partial charge >= 0.3 is 0 Å². The molecule has 0 aliphatic carbocycles. The second-order valence-electron chi connectivity index (χ2n) is 3.04. The van der Waals surface area contributed by atoms with Crippen molar-refractivity contribution in [3.05, 3.63) is 11.0 Å². The molecule has 0 spiro atoms. The van der Waals surface area contributed by atoms with E-state index in [0.717, 1.165) is 0 Å². The Bertz CT molecular complexity index is 413. The second kappa shape index (κ2) is 3.42. The van der Waals surface area contributed by atoms with Crippen molar-refractivity contribution in [1.29, 1.82) is 0 Å². The number of rotatable bonds is 3. The van der Waals surface area contributed by atoms with Crippen LogP contribution in [0.2, 0.25) is 0 Å². The van der Waals surface area contributed by atoms with Crippen LogP contribution in [0.5, 0.6) is 0 Å². The van der Waals surface area contributed by atoms with Crippen molar-refractivity contribution in [1.82, 2.24) is 0 Å². The minimum absolute atomic E-state index is 0.0361. The lowest BCUT2D eigenvalue weighted by atomic mass is 10.6. The van der Waals surface area contributed by atoms with E-state index in [1.165, 1.54) is 6.08 Å². The van der Waals surface area contributed by atoms with Crippen molar-refractivity contribution in [2.45, 2.75) is 13.3 Å². The van der Waals surface area contributed by atoms with E-state index >= 15 is 0 Å². The predicted octanol–water partition coefficient (Wildman–Crippen LogP) is 0.123. The van der Waals surface area contributed by atoms with E-state index in [0.29, 0.717) is 6.42 Å². The van der Waals surface area contributed by atoms with E-state index in [2.05, 4.69) is 0 Å². The van der Waals surface area contributed by atoms with E-state index in [1.54, 1.807) is 6.92 Å². The van der Waals surface area contributed by atoms with Gasteiger partial charge in [0.05, 0.1) is 22.2 Å². The van der Waals surface area contributed by atoms with Gasteiger partial charge in [0.1, 0.15) is 0 Å². The summed E-state index contributed by atoms with van der Waals surface area (Å²) in [6.45, 7) is 1.75. The van der Waals surface area contributed by atoms with Crippen LogP contribution in [-0.4, -0.2) is 34.1 Å². The first-order valence-corrected chi connectivity index (χ1v) is 7.47.